The first-order valence-corrected chi connectivity index (χ1v) is 16.3. The number of nitrogens with two attached hydrogens (primary N) is 1. The number of hydrazine groups is 1. The molecule has 1 fully saturated rings. The third-order valence-corrected chi connectivity index (χ3v) is 17.3. The van der Waals surface area contributed by atoms with Crippen LogP contribution in [0.25, 0.3) is 0 Å². The number of likely N-dealkylation sites (tertiary alicyclic amines) is 1. The zero-order chi connectivity index (χ0) is 26.9. The van der Waals surface area contributed by atoms with Gasteiger partial charge in [0.15, 0.2) is 0 Å². The molecule has 0 aliphatic carbocycles. The Labute approximate surface area is 225 Å². The van der Waals surface area contributed by atoms with Crippen molar-refractivity contribution in [3.8, 4) is 0 Å². The Hall–Kier alpha value is -3.06. The van der Waals surface area contributed by atoms with Crippen LogP contribution in [0.3, 0.4) is 0 Å². The van der Waals surface area contributed by atoms with Gasteiger partial charge in [0.1, 0.15) is 0 Å². The molecule has 4 rings (SSSR count). The van der Waals surface area contributed by atoms with Crippen molar-refractivity contribution in [1.29, 1.82) is 0 Å². The Kier molecular flexibility index (Phi) is 7.30. The Balaban J connectivity index is 1.86. The molecule has 1 saturated heterocycles. The molecule has 1 heterocycles. The van der Waals surface area contributed by atoms with E-state index >= 15 is 0 Å². The van der Waals surface area contributed by atoms with E-state index in [4.69, 9.17) is 10.6 Å². The number of carbonyl (C=O) groups is 3. The number of rotatable bonds is 4. The van der Waals surface area contributed by atoms with Gasteiger partial charge in [0.2, 0.25) is 0 Å². The van der Waals surface area contributed by atoms with E-state index in [1.807, 2.05) is 91.0 Å². The van der Waals surface area contributed by atoms with E-state index in [2.05, 4.69) is 15.5 Å². The van der Waals surface area contributed by atoms with Gasteiger partial charge in [0, 0.05) is 0 Å². The Morgan fingerprint density at radius 3 is 1.68 bits per heavy atom. The number of hydrogen-bond acceptors (Lipinski definition) is 5. The minimum atomic E-state index is -3.68. The van der Waals surface area contributed by atoms with Crippen molar-refractivity contribution in [1.82, 2.24) is 9.91 Å². The molecule has 3 aromatic carbocycles. The van der Waals surface area contributed by atoms with E-state index in [1.165, 1.54) is 0 Å². The van der Waals surface area contributed by atoms with Crippen molar-refractivity contribution < 1.29 is 19.1 Å². The zero-order valence-electron chi connectivity index (χ0n) is 21.1. The molecule has 4 amide bonds. The number of ether oxygens (including phenoxy) is 1. The molecule has 1 aliphatic heterocycles. The summed E-state index contributed by atoms with van der Waals surface area (Å²) in [6.45, 7) is 5.14. The fourth-order valence-corrected chi connectivity index (χ4v) is 13.6. The van der Waals surface area contributed by atoms with Crippen LogP contribution in [0.1, 0.15) is 27.2 Å². The number of nitrogens with zero attached hydrogens (tertiary/aromatic N) is 2. The van der Waals surface area contributed by atoms with Gasteiger partial charge < -0.3 is 0 Å². The van der Waals surface area contributed by atoms with E-state index in [-0.39, 0.29) is 6.54 Å². The maximum absolute atomic E-state index is 14.2. The molecule has 0 aromatic heterocycles. The predicted octanol–water partition coefficient (Wildman–Crippen LogP) is 4.66. The summed E-state index contributed by atoms with van der Waals surface area (Å²) in [6, 6.07) is 28.8. The molecule has 37 heavy (non-hydrogen) atoms. The number of benzene rings is 3. The van der Waals surface area contributed by atoms with Gasteiger partial charge in [-0.3, -0.25) is 0 Å². The number of imide groups is 2. The monoisotopic (exact) mass is 583 g/mol. The van der Waals surface area contributed by atoms with Gasteiger partial charge in [-0.2, -0.15) is 0 Å². The van der Waals surface area contributed by atoms with Gasteiger partial charge in [-0.15, -0.1) is 0 Å². The van der Waals surface area contributed by atoms with Crippen LogP contribution in [-0.2, 0) is 9.53 Å². The van der Waals surface area contributed by atoms with Crippen LogP contribution in [-0.4, -0.2) is 45.7 Å². The summed E-state index contributed by atoms with van der Waals surface area (Å²) < 4.78 is 5.24. The van der Waals surface area contributed by atoms with Gasteiger partial charge >= 0.3 is 226 Å². The molecule has 0 bridgehead atoms. The molecule has 1 atom stereocenters. The third kappa shape index (κ3) is 4.58. The van der Waals surface area contributed by atoms with E-state index in [0.717, 1.165) is 20.8 Å². The molecule has 3 aromatic rings. The number of hydrogen-bond donors (Lipinski definition) is 1. The Morgan fingerprint density at radius 1 is 0.892 bits per heavy atom. The average Bonchev–Trinajstić information content (AvgIpc) is 3.30. The Morgan fingerprint density at radius 2 is 1.30 bits per heavy atom. The van der Waals surface area contributed by atoms with Crippen molar-refractivity contribution in [2.75, 3.05) is 6.54 Å². The van der Waals surface area contributed by atoms with Gasteiger partial charge in [-0.05, 0) is 0 Å². The van der Waals surface area contributed by atoms with Crippen LogP contribution in [0.5, 0.6) is 0 Å². The first-order chi connectivity index (χ1) is 17.5. The third-order valence-electron chi connectivity index (χ3n) is 6.57. The second-order valence-corrected chi connectivity index (χ2v) is 18.7. The second kappa shape index (κ2) is 10.0. The van der Waals surface area contributed by atoms with Gasteiger partial charge in [0.05, 0.1) is 0 Å². The molecule has 1 unspecified atom stereocenters. The van der Waals surface area contributed by atoms with Crippen molar-refractivity contribution >= 4 is 54.7 Å². The summed E-state index contributed by atoms with van der Waals surface area (Å²) >= 11 is 4.30. The summed E-state index contributed by atoms with van der Waals surface area (Å²) in [5, 5.41) is -0.395. The Bertz CT molecular complexity index is 1200. The van der Waals surface area contributed by atoms with Crippen LogP contribution in [0.15, 0.2) is 91.0 Å². The minimum absolute atomic E-state index is 0.120. The topological polar surface area (TPSA) is 92.9 Å². The number of halogens is 1. The quantitative estimate of drug-likeness (QED) is 0.209. The van der Waals surface area contributed by atoms with Crippen molar-refractivity contribution in [2.45, 2.75) is 38.5 Å². The summed E-state index contributed by atoms with van der Waals surface area (Å²) in [6.07, 6.45) is -0.631. The molecule has 0 radical (unpaired) electrons. The fraction of sp³-hybridized carbons (Fsp3) is 0.250. The van der Waals surface area contributed by atoms with Gasteiger partial charge in [0.25, 0.3) is 0 Å². The van der Waals surface area contributed by atoms with Crippen molar-refractivity contribution in [3.63, 3.8) is 0 Å². The molecular weight excluding hydrogens is 553 g/mol. The summed E-state index contributed by atoms with van der Waals surface area (Å²) in [4.78, 5) is 41.0. The molecule has 2 N–H and O–H groups in total. The van der Waals surface area contributed by atoms with Gasteiger partial charge in [-0.25, -0.2) is 0 Å². The first kappa shape index (κ1) is 27.0. The standard InChI is InChI=1S/C28H31BrN3O4P/c1-28(2,3)36-27(35)32(30)26(34)31-20-19-24(25(31)33)37(29,21-13-7-4-8-14-21,22-15-9-5-10-16-22)23-17-11-6-12-18-23/h4-18,24H,19-20,30H2,1-3H3. The summed E-state index contributed by atoms with van der Waals surface area (Å²) in [5.74, 6) is 5.45. The summed E-state index contributed by atoms with van der Waals surface area (Å²) in [7, 11) is 0. The van der Waals surface area contributed by atoms with Gasteiger partial charge in [-0.1, -0.05) is 0 Å². The van der Waals surface area contributed by atoms with E-state index < -0.39 is 34.6 Å². The predicted molar refractivity (Wildman–Crippen MR) is 152 cm³/mol. The molecule has 194 valence electrons. The van der Waals surface area contributed by atoms with E-state index in [0.29, 0.717) is 11.4 Å². The average molecular weight is 584 g/mol. The normalized spacial score (nSPS) is 17.1. The number of amides is 4. The summed E-state index contributed by atoms with van der Waals surface area (Å²) in [5.41, 5.74) is -1.46. The molecule has 1 aliphatic rings. The van der Waals surface area contributed by atoms with Crippen molar-refractivity contribution in [2.24, 2.45) is 5.84 Å². The fourth-order valence-electron chi connectivity index (χ4n) is 4.97. The SMILES string of the molecule is CC(C)(C)OC(=O)N(N)C(=O)N1CCC(P(Br)(c2ccccc2)(c2ccccc2)c2ccccc2)C1=O. The van der Waals surface area contributed by atoms with E-state index in [9.17, 15) is 14.4 Å². The van der Waals surface area contributed by atoms with Crippen LogP contribution in [0.2, 0.25) is 0 Å². The van der Waals surface area contributed by atoms with Crippen LogP contribution in [0, 0.1) is 0 Å². The number of urea groups is 1. The molecular formula is C28H31BrN3O4P. The van der Waals surface area contributed by atoms with Crippen LogP contribution >= 0.6 is 20.8 Å². The second-order valence-electron chi connectivity index (χ2n) is 10.0. The molecule has 9 heteroatoms. The molecule has 7 nitrogen and oxygen atoms in total. The maximum atomic E-state index is 14.2. The first-order valence-electron chi connectivity index (χ1n) is 12.0. The zero-order valence-corrected chi connectivity index (χ0v) is 23.6. The van der Waals surface area contributed by atoms with Crippen molar-refractivity contribution in [3.05, 3.63) is 91.0 Å². The number of carbonyl (C=O) groups excluding carboxylic acids is 3. The van der Waals surface area contributed by atoms with E-state index in [1.54, 1.807) is 20.8 Å². The molecule has 0 saturated carbocycles. The molecule has 0 spiro atoms. The van der Waals surface area contributed by atoms with Crippen LogP contribution < -0.4 is 21.8 Å². The van der Waals surface area contributed by atoms with Crippen LogP contribution in [0.4, 0.5) is 9.59 Å².